The van der Waals surface area contributed by atoms with Crippen LogP contribution in [0.1, 0.15) is 0 Å². The van der Waals surface area contributed by atoms with Crippen molar-refractivity contribution in [3.8, 4) is 0 Å². The minimum atomic E-state index is -1.74. The molecule has 0 amide bonds. The molecule has 2 rings (SSSR count). The summed E-state index contributed by atoms with van der Waals surface area (Å²) < 4.78 is 15.3. The van der Waals surface area contributed by atoms with E-state index in [1.54, 1.807) is 0 Å². The number of rotatable bonds is 6. The summed E-state index contributed by atoms with van der Waals surface area (Å²) in [5, 5.41) is 101. The first-order valence-electron chi connectivity index (χ1n) is 8.79. The van der Waals surface area contributed by atoms with E-state index in [1.807, 2.05) is 0 Å². The van der Waals surface area contributed by atoms with Gasteiger partial charge in [0.15, 0.2) is 12.6 Å². The molecule has 2 saturated heterocycles. The molecule has 2 fully saturated rings. The number of ether oxygens (including phenoxy) is 3. The van der Waals surface area contributed by atoms with Crippen LogP contribution in [0.2, 0.25) is 0 Å². The van der Waals surface area contributed by atoms with E-state index in [-0.39, 0.29) is 13.2 Å². The Bertz CT molecular complexity index is 447. The Morgan fingerprint density at radius 1 is 0.655 bits per heavy atom. The molecule has 0 spiro atoms. The van der Waals surface area contributed by atoms with E-state index in [1.165, 1.54) is 0 Å². The van der Waals surface area contributed by atoms with Crippen molar-refractivity contribution in [1.29, 1.82) is 0 Å². The second-order valence-electron chi connectivity index (χ2n) is 6.55. The molecule has 0 saturated carbocycles. The van der Waals surface area contributed by atoms with E-state index in [0.29, 0.717) is 0 Å². The minimum absolute atomic E-state index is 0.365. The van der Waals surface area contributed by atoms with Gasteiger partial charge in [-0.1, -0.05) is 0 Å². The van der Waals surface area contributed by atoms with E-state index in [4.69, 9.17) is 34.6 Å². The van der Waals surface area contributed by atoms with Crippen LogP contribution in [0.25, 0.3) is 0 Å². The van der Waals surface area contributed by atoms with Gasteiger partial charge in [-0.05, 0) is 0 Å². The van der Waals surface area contributed by atoms with Crippen LogP contribution < -0.4 is 0 Å². The predicted octanol–water partition coefficient (Wildman–Crippen LogP) is -7.07. The highest BCUT2D eigenvalue weighted by molar-refractivity contribution is 4.93. The normalized spacial score (nSPS) is 43.0. The fourth-order valence-corrected chi connectivity index (χ4v) is 2.63. The van der Waals surface area contributed by atoms with Gasteiger partial charge in [0.1, 0.15) is 54.9 Å². The zero-order chi connectivity index (χ0) is 22.3. The van der Waals surface area contributed by atoms with Gasteiger partial charge in [-0.3, -0.25) is 0 Å². The summed E-state index contributed by atoms with van der Waals surface area (Å²) in [6, 6.07) is 0. The molecule has 0 aromatic rings. The highest BCUT2D eigenvalue weighted by Gasteiger charge is 2.50. The first-order chi connectivity index (χ1) is 13.6. The summed E-state index contributed by atoms with van der Waals surface area (Å²) >= 11 is 0. The van der Waals surface area contributed by atoms with Crippen LogP contribution in [0.5, 0.6) is 0 Å². The van der Waals surface area contributed by atoms with Gasteiger partial charge in [-0.25, -0.2) is 0 Å². The molecule has 29 heavy (non-hydrogen) atoms. The standard InChI is InChI=1S/C12H22O11.C3H8O3/c13-1-3-5(15)6(16)9(19)12(22-3)23-10-4(2-14)21-11(20)8(18)7(10)17;4-1-3(6)2-5/h3-20H,1-2H2;3-6H,1-2H2/t3-,4-,5+,6+,7-,8-,9-,10-,11?,12+;/m1./s1. The van der Waals surface area contributed by atoms with Crippen molar-refractivity contribution in [2.45, 2.75) is 67.5 Å². The third-order valence-electron chi connectivity index (χ3n) is 4.40. The topological polar surface area (TPSA) is 250 Å². The lowest BCUT2D eigenvalue weighted by molar-refractivity contribution is -0.355. The summed E-state index contributed by atoms with van der Waals surface area (Å²) in [6.45, 7) is -2.07. The summed E-state index contributed by atoms with van der Waals surface area (Å²) in [7, 11) is 0. The second kappa shape index (κ2) is 12.3. The summed E-state index contributed by atoms with van der Waals surface area (Å²) in [6.07, 6.45) is -16.5. The van der Waals surface area contributed by atoms with Gasteiger partial charge in [0, 0.05) is 0 Å². The zero-order valence-corrected chi connectivity index (χ0v) is 15.3. The Morgan fingerprint density at radius 3 is 1.66 bits per heavy atom. The summed E-state index contributed by atoms with van der Waals surface area (Å²) in [5.74, 6) is 0. The number of hydrogen-bond acceptors (Lipinski definition) is 14. The van der Waals surface area contributed by atoms with Crippen molar-refractivity contribution < 1.29 is 70.4 Å². The third-order valence-corrected chi connectivity index (χ3v) is 4.40. The molecule has 1 unspecified atom stereocenters. The maximum absolute atomic E-state index is 9.94. The van der Waals surface area contributed by atoms with Crippen LogP contribution in [0.15, 0.2) is 0 Å². The Kier molecular flexibility index (Phi) is 11.3. The van der Waals surface area contributed by atoms with Gasteiger partial charge in [-0.2, -0.15) is 0 Å². The fourth-order valence-electron chi connectivity index (χ4n) is 2.63. The van der Waals surface area contributed by atoms with Crippen molar-refractivity contribution >= 4 is 0 Å². The molecule has 14 heteroatoms. The summed E-state index contributed by atoms with van der Waals surface area (Å²) in [4.78, 5) is 0. The average Bonchev–Trinajstić information content (AvgIpc) is 2.73. The smallest absolute Gasteiger partial charge is 0.187 e. The van der Waals surface area contributed by atoms with E-state index in [2.05, 4.69) is 0 Å². The Balaban J connectivity index is 0.000000612. The predicted molar refractivity (Wildman–Crippen MR) is 88.8 cm³/mol. The number of hydrogen-bond donors (Lipinski definition) is 11. The van der Waals surface area contributed by atoms with Crippen LogP contribution in [0, 0.1) is 0 Å². The highest BCUT2D eigenvalue weighted by atomic mass is 16.7. The lowest BCUT2D eigenvalue weighted by Gasteiger charge is -2.45. The van der Waals surface area contributed by atoms with E-state index >= 15 is 0 Å². The van der Waals surface area contributed by atoms with E-state index in [0.717, 1.165) is 0 Å². The first-order valence-corrected chi connectivity index (χ1v) is 8.79. The molecule has 10 atom stereocenters. The van der Waals surface area contributed by atoms with Crippen LogP contribution in [0.3, 0.4) is 0 Å². The lowest BCUT2D eigenvalue weighted by Crippen LogP contribution is -2.64. The van der Waals surface area contributed by atoms with Gasteiger partial charge >= 0.3 is 0 Å². The first kappa shape index (κ1) is 26.5. The molecule has 2 heterocycles. The molecule has 174 valence electrons. The molecule has 0 aromatic carbocycles. The van der Waals surface area contributed by atoms with Crippen LogP contribution >= 0.6 is 0 Å². The third kappa shape index (κ3) is 6.71. The summed E-state index contributed by atoms with van der Waals surface area (Å²) in [5.41, 5.74) is 0. The Hall–Kier alpha value is -0.560. The Morgan fingerprint density at radius 2 is 1.21 bits per heavy atom. The molecular weight excluding hydrogens is 404 g/mol. The SMILES string of the molecule is OCC(O)CO.OC[C@H]1O[C@@H](O[C@H]2[C@H](O)[C@@H](O)C(O)O[C@@H]2CO)[C@H](O)[C@@H](O)[C@H]1O. The van der Waals surface area contributed by atoms with Crippen molar-refractivity contribution in [2.75, 3.05) is 26.4 Å². The maximum atomic E-state index is 9.94. The number of aliphatic hydroxyl groups excluding tert-OH is 11. The minimum Gasteiger partial charge on any atom is -0.394 e. The molecule has 0 aromatic heterocycles. The van der Waals surface area contributed by atoms with Gasteiger partial charge in [0.05, 0.1) is 26.4 Å². The quantitative estimate of drug-likeness (QED) is 0.186. The van der Waals surface area contributed by atoms with Gasteiger partial charge in [-0.15, -0.1) is 0 Å². The van der Waals surface area contributed by atoms with Crippen molar-refractivity contribution in [2.24, 2.45) is 0 Å². The zero-order valence-electron chi connectivity index (χ0n) is 15.3. The second-order valence-corrected chi connectivity index (χ2v) is 6.55. The molecule has 2 aliphatic heterocycles. The van der Waals surface area contributed by atoms with E-state index in [9.17, 15) is 35.7 Å². The highest BCUT2D eigenvalue weighted by Crippen LogP contribution is 2.28. The molecule has 14 nitrogen and oxygen atoms in total. The molecule has 0 radical (unpaired) electrons. The maximum Gasteiger partial charge on any atom is 0.187 e. The van der Waals surface area contributed by atoms with Crippen molar-refractivity contribution in [1.82, 2.24) is 0 Å². The lowest BCUT2D eigenvalue weighted by atomic mass is 9.97. The Labute approximate surface area is 165 Å². The fraction of sp³-hybridized carbons (Fsp3) is 1.00. The van der Waals surface area contributed by atoms with Crippen LogP contribution in [-0.4, -0.2) is 150 Å². The van der Waals surface area contributed by atoms with Gasteiger partial charge < -0.3 is 70.4 Å². The molecule has 0 bridgehead atoms. The number of aliphatic hydroxyl groups is 11. The van der Waals surface area contributed by atoms with Crippen LogP contribution in [-0.2, 0) is 14.2 Å². The van der Waals surface area contributed by atoms with Crippen molar-refractivity contribution in [3.05, 3.63) is 0 Å². The monoisotopic (exact) mass is 434 g/mol. The average molecular weight is 434 g/mol. The van der Waals surface area contributed by atoms with E-state index < -0.39 is 80.7 Å². The van der Waals surface area contributed by atoms with Gasteiger partial charge in [0.25, 0.3) is 0 Å². The molecule has 11 N–H and O–H groups in total. The van der Waals surface area contributed by atoms with Crippen molar-refractivity contribution in [3.63, 3.8) is 0 Å². The van der Waals surface area contributed by atoms with Gasteiger partial charge in [0.2, 0.25) is 0 Å². The molecule has 2 aliphatic rings. The molecular formula is C15H30O14. The largest absolute Gasteiger partial charge is 0.394 e. The van der Waals surface area contributed by atoms with Crippen LogP contribution in [0.4, 0.5) is 0 Å². The molecule has 0 aliphatic carbocycles.